The standard InChI is InChI=1S/C15H22F3NO/c1-11(2)9-19-10-14(13-7-5-4-6-8-13)20-12(3)15(16,17)18/h4-8,11-12,14,19H,9-10H2,1-3H3. The predicted molar refractivity (Wildman–Crippen MR) is 73.5 cm³/mol. The molecular formula is C15H22F3NO. The Morgan fingerprint density at radius 3 is 2.15 bits per heavy atom. The maximum Gasteiger partial charge on any atom is 0.414 e. The summed E-state index contributed by atoms with van der Waals surface area (Å²) in [6, 6.07) is 8.99. The van der Waals surface area contributed by atoms with Gasteiger partial charge in [-0.3, -0.25) is 0 Å². The van der Waals surface area contributed by atoms with E-state index >= 15 is 0 Å². The summed E-state index contributed by atoms with van der Waals surface area (Å²) in [7, 11) is 0. The Morgan fingerprint density at radius 1 is 1.05 bits per heavy atom. The number of ether oxygens (including phenoxy) is 1. The zero-order valence-corrected chi connectivity index (χ0v) is 12.1. The fourth-order valence-electron chi connectivity index (χ4n) is 1.74. The summed E-state index contributed by atoms with van der Waals surface area (Å²) >= 11 is 0. The van der Waals surface area contributed by atoms with Gasteiger partial charge >= 0.3 is 6.18 Å². The van der Waals surface area contributed by atoms with Crippen LogP contribution in [0.5, 0.6) is 0 Å². The minimum absolute atomic E-state index is 0.364. The number of hydrogen-bond acceptors (Lipinski definition) is 2. The number of halogens is 3. The normalized spacial score (nSPS) is 15.3. The average molecular weight is 289 g/mol. The fourth-order valence-corrected chi connectivity index (χ4v) is 1.74. The van der Waals surface area contributed by atoms with Crippen LogP contribution in [0.25, 0.3) is 0 Å². The number of benzene rings is 1. The molecule has 2 nitrogen and oxygen atoms in total. The highest BCUT2D eigenvalue weighted by Gasteiger charge is 2.38. The van der Waals surface area contributed by atoms with Gasteiger partial charge < -0.3 is 10.1 Å². The van der Waals surface area contributed by atoms with Crippen LogP contribution in [0.3, 0.4) is 0 Å². The molecule has 2 atom stereocenters. The van der Waals surface area contributed by atoms with E-state index in [1.54, 1.807) is 24.3 Å². The minimum atomic E-state index is -4.34. The highest BCUT2D eigenvalue weighted by Crippen LogP contribution is 2.28. The second kappa shape index (κ2) is 7.64. The molecule has 1 aromatic rings. The van der Waals surface area contributed by atoms with Crippen molar-refractivity contribution in [3.8, 4) is 0 Å². The van der Waals surface area contributed by atoms with Crippen molar-refractivity contribution in [2.45, 2.75) is 39.2 Å². The summed E-state index contributed by atoms with van der Waals surface area (Å²) in [6.45, 7) is 6.24. The van der Waals surface area contributed by atoms with E-state index in [1.807, 2.05) is 19.9 Å². The van der Waals surface area contributed by atoms with E-state index < -0.39 is 18.4 Å². The van der Waals surface area contributed by atoms with Gasteiger partial charge in [-0.2, -0.15) is 13.2 Å². The van der Waals surface area contributed by atoms with E-state index in [0.29, 0.717) is 12.5 Å². The van der Waals surface area contributed by atoms with Gasteiger partial charge in [0.1, 0.15) is 0 Å². The molecular weight excluding hydrogens is 267 g/mol. The van der Waals surface area contributed by atoms with E-state index in [-0.39, 0.29) is 0 Å². The van der Waals surface area contributed by atoms with Crippen molar-refractivity contribution in [3.63, 3.8) is 0 Å². The lowest BCUT2D eigenvalue weighted by Crippen LogP contribution is -2.34. The number of alkyl halides is 3. The Morgan fingerprint density at radius 2 is 1.65 bits per heavy atom. The average Bonchev–Trinajstić information content (AvgIpc) is 2.37. The molecule has 0 radical (unpaired) electrons. The topological polar surface area (TPSA) is 21.3 Å². The van der Waals surface area contributed by atoms with Crippen molar-refractivity contribution in [1.82, 2.24) is 5.32 Å². The number of nitrogens with one attached hydrogen (secondary N) is 1. The lowest BCUT2D eigenvalue weighted by atomic mass is 10.1. The SMILES string of the molecule is CC(C)CNCC(OC(C)C(F)(F)F)c1ccccc1. The first-order valence-corrected chi connectivity index (χ1v) is 6.78. The molecule has 0 aliphatic rings. The molecule has 0 saturated heterocycles. The van der Waals surface area contributed by atoms with E-state index in [0.717, 1.165) is 19.0 Å². The van der Waals surface area contributed by atoms with Crippen LogP contribution in [0.2, 0.25) is 0 Å². The van der Waals surface area contributed by atoms with Crippen LogP contribution in [0.1, 0.15) is 32.4 Å². The van der Waals surface area contributed by atoms with Crippen LogP contribution in [0, 0.1) is 5.92 Å². The largest absolute Gasteiger partial charge is 0.414 e. The first-order valence-electron chi connectivity index (χ1n) is 6.78. The van der Waals surface area contributed by atoms with Crippen LogP contribution >= 0.6 is 0 Å². The summed E-state index contributed by atoms with van der Waals surface area (Å²) in [4.78, 5) is 0. The monoisotopic (exact) mass is 289 g/mol. The molecule has 0 aromatic heterocycles. The number of rotatable bonds is 7. The van der Waals surface area contributed by atoms with E-state index in [9.17, 15) is 13.2 Å². The first kappa shape index (κ1) is 17.0. The van der Waals surface area contributed by atoms with Crippen LogP contribution in [0.15, 0.2) is 30.3 Å². The molecule has 2 unspecified atom stereocenters. The van der Waals surface area contributed by atoms with Crippen molar-refractivity contribution < 1.29 is 17.9 Å². The molecule has 1 N–H and O–H groups in total. The summed E-state index contributed by atoms with van der Waals surface area (Å²) < 4.78 is 43.1. The Balaban J connectivity index is 2.70. The molecule has 1 rings (SSSR count). The first-order chi connectivity index (χ1) is 9.30. The minimum Gasteiger partial charge on any atom is -0.360 e. The highest BCUT2D eigenvalue weighted by molar-refractivity contribution is 5.18. The van der Waals surface area contributed by atoms with Crippen LogP contribution in [0.4, 0.5) is 13.2 Å². The van der Waals surface area contributed by atoms with Crippen molar-refractivity contribution in [2.24, 2.45) is 5.92 Å². The molecule has 0 heterocycles. The molecule has 114 valence electrons. The van der Waals surface area contributed by atoms with Gasteiger partial charge in [-0.15, -0.1) is 0 Å². The third-order valence-corrected chi connectivity index (χ3v) is 2.88. The Labute approximate surface area is 118 Å². The summed E-state index contributed by atoms with van der Waals surface area (Å²) in [6.07, 6.45) is -6.73. The smallest absolute Gasteiger partial charge is 0.360 e. The van der Waals surface area contributed by atoms with Crippen molar-refractivity contribution in [3.05, 3.63) is 35.9 Å². The Bertz CT molecular complexity index is 378. The van der Waals surface area contributed by atoms with Gasteiger partial charge in [0, 0.05) is 6.54 Å². The van der Waals surface area contributed by atoms with Gasteiger partial charge in [-0.1, -0.05) is 44.2 Å². The second-order valence-electron chi connectivity index (χ2n) is 5.27. The van der Waals surface area contributed by atoms with Crippen LogP contribution < -0.4 is 5.32 Å². The summed E-state index contributed by atoms with van der Waals surface area (Å²) in [5.41, 5.74) is 0.750. The third kappa shape index (κ3) is 5.92. The Kier molecular flexibility index (Phi) is 6.49. The predicted octanol–water partition coefficient (Wildman–Crippen LogP) is 3.94. The molecule has 0 fully saturated rings. The van der Waals surface area contributed by atoms with Gasteiger partial charge in [0.25, 0.3) is 0 Å². The molecule has 0 amide bonds. The zero-order valence-electron chi connectivity index (χ0n) is 12.1. The third-order valence-electron chi connectivity index (χ3n) is 2.88. The van der Waals surface area contributed by atoms with Gasteiger partial charge in [0.15, 0.2) is 6.10 Å². The van der Waals surface area contributed by atoms with E-state index in [1.165, 1.54) is 0 Å². The molecule has 0 spiro atoms. The molecule has 0 aliphatic heterocycles. The molecule has 0 bridgehead atoms. The molecule has 20 heavy (non-hydrogen) atoms. The van der Waals surface area contributed by atoms with Crippen molar-refractivity contribution >= 4 is 0 Å². The summed E-state index contributed by atoms with van der Waals surface area (Å²) in [5.74, 6) is 0.437. The maximum absolute atomic E-state index is 12.6. The van der Waals surface area contributed by atoms with E-state index in [4.69, 9.17) is 4.74 Å². The lowest BCUT2D eigenvalue weighted by Gasteiger charge is -2.25. The maximum atomic E-state index is 12.6. The molecule has 1 aromatic carbocycles. The molecule has 5 heteroatoms. The van der Waals surface area contributed by atoms with Gasteiger partial charge in [0.2, 0.25) is 0 Å². The number of hydrogen-bond donors (Lipinski definition) is 1. The van der Waals surface area contributed by atoms with Crippen LogP contribution in [-0.2, 0) is 4.74 Å². The van der Waals surface area contributed by atoms with Crippen molar-refractivity contribution in [2.75, 3.05) is 13.1 Å². The lowest BCUT2D eigenvalue weighted by molar-refractivity contribution is -0.227. The quantitative estimate of drug-likeness (QED) is 0.821. The Hall–Kier alpha value is -1.07. The van der Waals surface area contributed by atoms with Crippen LogP contribution in [-0.4, -0.2) is 25.4 Å². The van der Waals surface area contributed by atoms with E-state index in [2.05, 4.69) is 5.32 Å². The van der Waals surface area contributed by atoms with Gasteiger partial charge in [0.05, 0.1) is 6.10 Å². The van der Waals surface area contributed by atoms with Gasteiger partial charge in [-0.25, -0.2) is 0 Å². The fraction of sp³-hybridized carbons (Fsp3) is 0.600. The van der Waals surface area contributed by atoms with Gasteiger partial charge in [-0.05, 0) is 24.9 Å². The zero-order chi connectivity index (χ0) is 15.2. The highest BCUT2D eigenvalue weighted by atomic mass is 19.4. The molecule has 0 saturated carbocycles. The second-order valence-corrected chi connectivity index (χ2v) is 5.27. The van der Waals surface area contributed by atoms with Crippen molar-refractivity contribution in [1.29, 1.82) is 0 Å². The summed E-state index contributed by atoms with van der Waals surface area (Å²) in [5, 5.41) is 3.15. The molecule has 0 aliphatic carbocycles.